The summed E-state index contributed by atoms with van der Waals surface area (Å²) in [5.41, 5.74) is 4.10. The number of amides is 1. The van der Waals surface area contributed by atoms with Crippen molar-refractivity contribution in [1.29, 1.82) is 0 Å². The highest BCUT2D eigenvalue weighted by molar-refractivity contribution is 5.69. The average molecular weight is 260 g/mol. The van der Waals surface area contributed by atoms with Gasteiger partial charge in [-0.2, -0.15) is 0 Å². The number of hydrogen-bond acceptors (Lipinski definition) is 5. The fourth-order valence-corrected chi connectivity index (χ4v) is 1.97. The third-order valence-corrected chi connectivity index (χ3v) is 2.88. The van der Waals surface area contributed by atoms with Crippen LogP contribution in [0.5, 0.6) is 0 Å². The molecule has 0 aliphatic carbocycles. The minimum atomic E-state index is -0.776. The number of carbonyl (C=O) groups excluding carboxylic acids is 1. The lowest BCUT2D eigenvalue weighted by atomic mass is 9.89. The summed E-state index contributed by atoms with van der Waals surface area (Å²) in [7, 11) is 0. The smallest absolute Gasteiger partial charge is 0.408 e. The summed E-state index contributed by atoms with van der Waals surface area (Å²) >= 11 is 0. The SMILES string of the molecule is CC(C)(C)OC(=O)NC1([C@@H](O)CCN)CCOC1. The molecule has 1 heterocycles. The Hall–Kier alpha value is -0.850. The van der Waals surface area contributed by atoms with Crippen LogP contribution < -0.4 is 11.1 Å². The van der Waals surface area contributed by atoms with Gasteiger partial charge in [0.1, 0.15) is 5.60 Å². The quantitative estimate of drug-likeness (QED) is 0.679. The highest BCUT2D eigenvalue weighted by Crippen LogP contribution is 2.25. The van der Waals surface area contributed by atoms with Crippen molar-refractivity contribution in [3.8, 4) is 0 Å². The van der Waals surface area contributed by atoms with Gasteiger partial charge in [-0.3, -0.25) is 0 Å². The number of nitrogens with one attached hydrogen (secondary N) is 1. The van der Waals surface area contributed by atoms with Crippen LogP contribution in [0, 0.1) is 0 Å². The first-order valence-corrected chi connectivity index (χ1v) is 6.26. The summed E-state index contributed by atoms with van der Waals surface area (Å²) in [6.07, 6.45) is -0.284. The van der Waals surface area contributed by atoms with Crippen molar-refractivity contribution in [2.24, 2.45) is 5.73 Å². The van der Waals surface area contributed by atoms with E-state index in [2.05, 4.69) is 5.32 Å². The summed E-state index contributed by atoms with van der Waals surface area (Å²) in [6, 6.07) is 0. The Morgan fingerprint density at radius 1 is 1.61 bits per heavy atom. The molecule has 1 rings (SSSR count). The van der Waals surface area contributed by atoms with Crippen molar-refractivity contribution < 1.29 is 19.4 Å². The molecule has 0 bridgehead atoms. The monoisotopic (exact) mass is 260 g/mol. The van der Waals surface area contributed by atoms with Crippen LogP contribution in [0.4, 0.5) is 4.79 Å². The van der Waals surface area contributed by atoms with Crippen molar-refractivity contribution >= 4 is 6.09 Å². The number of rotatable bonds is 4. The Labute approximate surface area is 108 Å². The molecule has 0 aromatic heterocycles. The summed E-state index contributed by atoms with van der Waals surface area (Å²) in [4.78, 5) is 11.8. The summed E-state index contributed by atoms with van der Waals surface area (Å²) in [5.74, 6) is 0. The number of ether oxygens (including phenoxy) is 2. The fourth-order valence-electron chi connectivity index (χ4n) is 1.97. The Kier molecular flexibility index (Phi) is 4.95. The van der Waals surface area contributed by atoms with E-state index in [0.29, 0.717) is 26.0 Å². The molecule has 1 unspecified atom stereocenters. The van der Waals surface area contributed by atoms with Crippen LogP contribution in [0.2, 0.25) is 0 Å². The van der Waals surface area contributed by atoms with Crippen LogP contribution in [0.3, 0.4) is 0 Å². The number of alkyl carbamates (subject to hydrolysis) is 1. The van der Waals surface area contributed by atoms with E-state index in [9.17, 15) is 9.90 Å². The van der Waals surface area contributed by atoms with E-state index in [1.807, 2.05) is 0 Å². The molecule has 0 radical (unpaired) electrons. The highest BCUT2D eigenvalue weighted by Gasteiger charge is 2.43. The molecule has 4 N–H and O–H groups in total. The minimum absolute atomic E-state index is 0.285. The van der Waals surface area contributed by atoms with Gasteiger partial charge in [0.25, 0.3) is 0 Å². The predicted molar refractivity (Wildman–Crippen MR) is 67.2 cm³/mol. The molecule has 6 nitrogen and oxygen atoms in total. The van der Waals surface area contributed by atoms with Crippen LogP contribution in [0.1, 0.15) is 33.6 Å². The lowest BCUT2D eigenvalue weighted by molar-refractivity contribution is 0.0146. The van der Waals surface area contributed by atoms with E-state index in [-0.39, 0.29) is 6.61 Å². The van der Waals surface area contributed by atoms with Gasteiger partial charge in [0, 0.05) is 6.61 Å². The topological polar surface area (TPSA) is 93.8 Å². The second-order valence-electron chi connectivity index (χ2n) is 5.68. The lowest BCUT2D eigenvalue weighted by Gasteiger charge is -2.34. The van der Waals surface area contributed by atoms with Crippen molar-refractivity contribution in [2.75, 3.05) is 19.8 Å². The van der Waals surface area contributed by atoms with Crippen molar-refractivity contribution in [3.63, 3.8) is 0 Å². The molecule has 1 fully saturated rings. The minimum Gasteiger partial charge on any atom is -0.444 e. The second kappa shape index (κ2) is 5.86. The Morgan fingerprint density at radius 2 is 2.28 bits per heavy atom. The molecule has 1 amide bonds. The highest BCUT2D eigenvalue weighted by atomic mass is 16.6. The van der Waals surface area contributed by atoms with Crippen molar-refractivity contribution in [2.45, 2.75) is 50.9 Å². The normalized spacial score (nSPS) is 25.8. The molecule has 0 spiro atoms. The fraction of sp³-hybridized carbons (Fsp3) is 0.917. The third-order valence-electron chi connectivity index (χ3n) is 2.88. The van der Waals surface area contributed by atoms with Crippen LogP contribution >= 0.6 is 0 Å². The standard InChI is InChI=1S/C12H24N2O4/c1-11(2,3)18-10(16)14-12(5-7-17-8-12)9(15)4-6-13/h9,15H,4-8,13H2,1-3H3,(H,14,16)/t9-,12?/m0/s1. The summed E-state index contributed by atoms with van der Waals surface area (Å²) in [6.45, 7) is 6.53. The van der Waals surface area contributed by atoms with Gasteiger partial charge in [0.2, 0.25) is 0 Å². The summed E-state index contributed by atoms with van der Waals surface area (Å²) < 4.78 is 10.5. The van der Waals surface area contributed by atoms with E-state index >= 15 is 0 Å². The number of aliphatic hydroxyl groups excluding tert-OH is 1. The van der Waals surface area contributed by atoms with Crippen LogP contribution in [-0.4, -0.2) is 48.2 Å². The Morgan fingerprint density at radius 3 is 2.72 bits per heavy atom. The maximum Gasteiger partial charge on any atom is 0.408 e. The maximum absolute atomic E-state index is 11.8. The van der Waals surface area contributed by atoms with Gasteiger partial charge >= 0.3 is 6.09 Å². The molecular weight excluding hydrogens is 236 g/mol. The zero-order valence-corrected chi connectivity index (χ0v) is 11.4. The lowest BCUT2D eigenvalue weighted by Crippen LogP contribution is -2.58. The third kappa shape index (κ3) is 4.12. The number of nitrogens with two attached hydrogens (primary N) is 1. The van der Waals surface area contributed by atoms with E-state index in [0.717, 1.165) is 0 Å². The maximum atomic E-state index is 11.8. The van der Waals surface area contributed by atoms with Gasteiger partial charge in [-0.15, -0.1) is 0 Å². The molecule has 6 heteroatoms. The van der Waals surface area contributed by atoms with Crippen molar-refractivity contribution in [1.82, 2.24) is 5.32 Å². The van der Waals surface area contributed by atoms with Gasteiger partial charge in [0.05, 0.1) is 18.2 Å². The van der Waals surface area contributed by atoms with Crippen LogP contribution in [-0.2, 0) is 9.47 Å². The van der Waals surface area contributed by atoms with Gasteiger partial charge in [-0.1, -0.05) is 0 Å². The largest absolute Gasteiger partial charge is 0.444 e. The van der Waals surface area contributed by atoms with E-state index in [1.54, 1.807) is 20.8 Å². The van der Waals surface area contributed by atoms with Crippen LogP contribution in [0.25, 0.3) is 0 Å². The molecular formula is C12H24N2O4. The molecule has 0 aromatic carbocycles. The van der Waals surface area contributed by atoms with Gasteiger partial charge in [-0.05, 0) is 40.2 Å². The van der Waals surface area contributed by atoms with Gasteiger partial charge in [-0.25, -0.2) is 4.79 Å². The number of hydrogen-bond donors (Lipinski definition) is 3. The first-order valence-electron chi connectivity index (χ1n) is 6.26. The zero-order chi connectivity index (χ0) is 13.8. The van der Waals surface area contributed by atoms with E-state index in [1.165, 1.54) is 0 Å². The molecule has 18 heavy (non-hydrogen) atoms. The van der Waals surface area contributed by atoms with Crippen LogP contribution in [0.15, 0.2) is 0 Å². The van der Waals surface area contributed by atoms with Gasteiger partial charge < -0.3 is 25.6 Å². The molecule has 1 saturated heterocycles. The number of carbonyl (C=O) groups is 1. The second-order valence-corrected chi connectivity index (χ2v) is 5.68. The molecule has 0 aromatic rings. The zero-order valence-electron chi connectivity index (χ0n) is 11.4. The Balaban J connectivity index is 2.65. The Bertz CT molecular complexity index is 282. The molecule has 0 saturated carbocycles. The molecule has 1 aliphatic rings. The van der Waals surface area contributed by atoms with Gasteiger partial charge in [0.15, 0.2) is 0 Å². The molecule has 1 aliphatic heterocycles. The first-order chi connectivity index (χ1) is 8.29. The van der Waals surface area contributed by atoms with Crippen molar-refractivity contribution in [3.05, 3.63) is 0 Å². The first kappa shape index (κ1) is 15.2. The predicted octanol–water partition coefficient (Wildman–Crippen LogP) is 0.380. The van der Waals surface area contributed by atoms with E-state index in [4.69, 9.17) is 15.2 Å². The summed E-state index contributed by atoms with van der Waals surface area (Å²) in [5, 5.41) is 12.9. The molecule has 106 valence electrons. The molecule has 2 atom stereocenters. The number of aliphatic hydroxyl groups is 1. The van der Waals surface area contributed by atoms with E-state index < -0.39 is 23.3 Å². The average Bonchev–Trinajstić information content (AvgIpc) is 2.64.